The number of hydrogen-bond donors (Lipinski definition) is 0. The maximum Gasteiger partial charge on any atom is 0.137 e. The Morgan fingerprint density at radius 1 is 0.913 bits per heavy atom. The van der Waals surface area contributed by atoms with E-state index in [-0.39, 0.29) is 0 Å². The maximum atomic E-state index is 5.63. The summed E-state index contributed by atoms with van der Waals surface area (Å²) >= 11 is 0. The fourth-order valence-electron chi connectivity index (χ4n) is 2.24. The summed E-state index contributed by atoms with van der Waals surface area (Å²) < 4.78 is 11.1. The van der Waals surface area contributed by atoms with Gasteiger partial charge in [0.1, 0.15) is 12.4 Å². The topological polar surface area (TPSA) is 31.4 Å². The SMILES string of the molecule is CCCCOCCOc1ccc(CCc2ccc(C)cc2)nc1. The second kappa shape index (κ2) is 10.0. The summed E-state index contributed by atoms with van der Waals surface area (Å²) in [5.74, 6) is 0.808. The Labute approximate surface area is 139 Å². The first kappa shape index (κ1) is 17.5. The van der Waals surface area contributed by atoms with Crippen LogP contribution in [0.2, 0.25) is 0 Å². The highest BCUT2D eigenvalue weighted by atomic mass is 16.5. The quantitative estimate of drug-likeness (QED) is 0.610. The molecule has 2 aromatic rings. The molecule has 3 nitrogen and oxygen atoms in total. The normalized spacial score (nSPS) is 10.7. The molecule has 1 aromatic heterocycles. The summed E-state index contributed by atoms with van der Waals surface area (Å²) in [5.41, 5.74) is 3.74. The number of ether oxygens (including phenoxy) is 2. The lowest BCUT2D eigenvalue weighted by Gasteiger charge is -2.07. The molecule has 0 unspecified atom stereocenters. The summed E-state index contributed by atoms with van der Waals surface area (Å²) in [6, 6.07) is 12.7. The molecule has 0 N–H and O–H groups in total. The summed E-state index contributed by atoms with van der Waals surface area (Å²) in [7, 11) is 0. The minimum absolute atomic E-state index is 0.577. The molecular formula is C20H27NO2. The number of aromatic nitrogens is 1. The molecule has 0 saturated carbocycles. The zero-order valence-corrected chi connectivity index (χ0v) is 14.3. The van der Waals surface area contributed by atoms with E-state index >= 15 is 0 Å². The van der Waals surface area contributed by atoms with E-state index in [1.807, 2.05) is 12.1 Å². The van der Waals surface area contributed by atoms with E-state index < -0.39 is 0 Å². The molecule has 2 rings (SSSR count). The van der Waals surface area contributed by atoms with Crippen LogP contribution < -0.4 is 4.74 Å². The average molecular weight is 313 g/mol. The molecule has 0 amide bonds. The molecule has 0 fully saturated rings. The smallest absolute Gasteiger partial charge is 0.137 e. The van der Waals surface area contributed by atoms with E-state index in [0.717, 1.165) is 43.7 Å². The lowest BCUT2D eigenvalue weighted by Crippen LogP contribution is -2.07. The molecule has 0 spiro atoms. The van der Waals surface area contributed by atoms with Gasteiger partial charge in [0.05, 0.1) is 12.8 Å². The Morgan fingerprint density at radius 3 is 2.43 bits per heavy atom. The van der Waals surface area contributed by atoms with Gasteiger partial charge in [0.2, 0.25) is 0 Å². The molecule has 1 aromatic carbocycles. The van der Waals surface area contributed by atoms with E-state index in [4.69, 9.17) is 9.47 Å². The number of hydrogen-bond acceptors (Lipinski definition) is 3. The molecule has 1 heterocycles. The van der Waals surface area contributed by atoms with Crippen molar-refractivity contribution in [2.75, 3.05) is 19.8 Å². The van der Waals surface area contributed by atoms with Gasteiger partial charge in [-0.1, -0.05) is 43.2 Å². The van der Waals surface area contributed by atoms with Crippen molar-refractivity contribution in [2.24, 2.45) is 0 Å². The van der Waals surface area contributed by atoms with Crippen LogP contribution in [0, 0.1) is 6.92 Å². The zero-order valence-electron chi connectivity index (χ0n) is 14.3. The van der Waals surface area contributed by atoms with Crippen molar-refractivity contribution in [1.29, 1.82) is 0 Å². The van der Waals surface area contributed by atoms with Crippen molar-refractivity contribution in [3.8, 4) is 5.75 Å². The summed E-state index contributed by atoms with van der Waals surface area (Å²) in [6.07, 6.45) is 6.03. The second-order valence-corrected chi connectivity index (χ2v) is 5.79. The van der Waals surface area contributed by atoms with Gasteiger partial charge in [-0.05, 0) is 43.9 Å². The summed E-state index contributed by atoms with van der Waals surface area (Å²) in [6.45, 7) is 6.30. The fraction of sp³-hybridized carbons (Fsp3) is 0.450. The zero-order chi connectivity index (χ0) is 16.3. The Balaban J connectivity index is 1.68. The largest absolute Gasteiger partial charge is 0.490 e. The van der Waals surface area contributed by atoms with Gasteiger partial charge in [0.25, 0.3) is 0 Å². The van der Waals surface area contributed by atoms with Gasteiger partial charge in [-0.25, -0.2) is 0 Å². The number of aryl methyl sites for hydroxylation is 3. The molecule has 0 radical (unpaired) electrons. The molecule has 0 saturated heterocycles. The highest BCUT2D eigenvalue weighted by Gasteiger charge is 1.99. The standard InChI is InChI=1S/C20H27NO2/c1-3-4-13-22-14-15-23-20-12-11-19(21-16-20)10-9-18-7-5-17(2)6-8-18/h5-8,11-12,16H,3-4,9-10,13-15H2,1-2H3. The summed E-state index contributed by atoms with van der Waals surface area (Å²) in [5, 5.41) is 0. The van der Waals surface area contributed by atoms with Crippen molar-refractivity contribution in [2.45, 2.75) is 39.5 Å². The van der Waals surface area contributed by atoms with Crippen LogP contribution in [-0.2, 0) is 17.6 Å². The Kier molecular flexibility index (Phi) is 7.61. The Hall–Kier alpha value is -1.87. The van der Waals surface area contributed by atoms with Gasteiger partial charge in [-0.2, -0.15) is 0 Å². The van der Waals surface area contributed by atoms with Crippen LogP contribution in [0.25, 0.3) is 0 Å². The predicted molar refractivity (Wildman–Crippen MR) is 94.0 cm³/mol. The molecule has 23 heavy (non-hydrogen) atoms. The van der Waals surface area contributed by atoms with Crippen molar-refractivity contribution in [3.05, 3.63) is 59.4 Å². The van der Waals surface area contributed by atoms with Crippen LogP contribution >= 0.6 is 0 Å². The van der Waals surface area contributed by atoms with E-state index in [1.54, 1.807) is 6.20 Å². The van der Waals surface area contributed by atoms with Gasteiger partial charge < -0.3 is 9.47 Å². The van der Waals surface area contributed by atoms with Crippen LogP contribution in [0.3, 0.4) is 0 Å². The van der Waals surface area contributed by atoms with Crippen molar-refractivity contribution < 1.29 is 9.47 Å². The molecule has 124 valence electrons. The first-order chi connectivity index (χ1) is 11.3. The van der Waals surface area contributed by atoms with E-state index in [1.165, 1.54) is 11.1 Å². The van der Waals surface area contributed by atoms with Crippen molar-refractivity contribution in [3.63, 3.8) is 0 Å². The third kappa shape index (κ3) is 6.83. The third-order valence-electron chi connectivity index (χ3n) is 3.73. The second-order valence-electron chi connectivity index (χ2n) is 5.79. The van der Waals surface area contributed by atoms with Crippen LogP contribution in [0.5, 0.6) is 5.75 Å². The molecule has 0 aliphatic rings. The van der Waals surface area contributed by atoms with Crippen molar-refractivity contribution in [1.82, 2.24) is 4.98 Å². The summed E-state index contributed by atoms with van der Waals surface area (Å²) in [4.78, 5) is 4.47. The third-order valence-corrected chi connectivity index (χ3v) is 3.73. The monoisotopic (exact) mass is 313 g/mol. The van der Waals surface area contributed by atoms with Gasteiger partial charge in [-0.3, -0.25) is 4.98 Å². The minimum Gasteiger partial charge on any atom is -0.490 e. The molecular weight excluding hydrogens is 286 g/mol. The van der Waals surface area contributed by atoms with Crippen LogP contribution in [0.15, 0.2) is 42.6 Å². The van der Waals surface area contributed by atoms with Gasteiger partial charge in [-0.15, -0.1) is 0 Å². The van der Waals surface area contributed by atoms with Crippen LogP contribution in [0.1, 0.15) is 36.6 Å². The number of nitrogens with zero attached hydrogens (tertiary/aromatic N) is 1. The van der Waals surface area contributed by atoms with Crippen molar-refractivity contribution >= 4 is 0 Å². The number of rotatable bonds is 10. The average Bonchev–Trinajstić information content (AvgIpc) is 2.58. The van der Waals surface area contributed by atoms with E-state index in [2.05, 4.69) is 43.1 Å². The highest BCUT2D eigenvalue weighted by Crippen LogP contribution is 2.12. The van der Waals surface area contributed by atoms with Crippen LogP contribution in [0.4, 0.5) is 0 Å². The first-order valence-electron chi connectivity index (χ1n) is 8.49. The number of unbranched alkanes of at least 4 members (excludes halogenated alkanes) is 1. The first-order valence-corrected chi connectivity index (χ1v) is 8.49. The predicted octanol–water partition coefficient (Wildman–Crippen LogP) is 4.37. The number of benzene rings is 1. The van der Waals surface area contributed by atoms with Gasteiger partial charge in [0.15, 0.2) is 0 Å². The van der Waals surface area contributed by atoms with E-state index in [9.17, 15) is 0 Å². The molecule has 0 aliphatic heterocycles. The lowest BCUT2D eigenvalue weighted by atomic mass is 10.1. The maximum absolute atomic E-state index is 5.63. The molecule has 0 aliphatic carbocycles. The molecule has 3 heteroatoms. The fourth-order valence-corrected chi connectivity index (χ4v) is 2.24. The Morgan fingerprint density at radius 2 is 1.74 bits per heavy atom. The van der Waals surface area contributed by atoms with Crippen LogP contribution in [-0.4, -0.2) is 24.8 Å². The highest BCUT2D eigenvalue weighted by molar-refractivity contribution is 5.23. The lowest BCUT2D eigenvalue weighted by molar-refractivity contribution is 0.0979. The number of pyridine rings is 1. The van der Waals surface area contributed by atoms with E-state index in [0.29, 0.717) is 13.2 Å². The van der Waals surface area contributed by atoms with Gasteiger partial charge in [0, 0.05) is 12.3 Å². The van der Waals surface area contributed by atoms with Gasteiger partial charge >= 0.3 is 0 Å². The molecule has 0 bridgehead atoms. The molecule has 0 atom stereocenters. The Bertz CT molecular complexity index is 549. The minimum atomic E-state index is 0.577.